The summed E-state index contributed by atoms with van der Waals surface area (Å²) in [6, 6.07) is 13.6. The second-order valence-corrected chi connectivity index (χ2v) is 6.63. The van der Waals surface area contributed by atoms with Crippen LogP contribution in [-0.4, -0.2) is 21.1 Å². The van der Waals surface area contributed by atoms with Gasteiger partial charge in [0.05, 0.1) is 12.3 Å². The smallest absolute Gasteiger partial charge is 0.272 e. The van der Waals surface area contributed by atoms with Crippen molar-refractivity contribution in [2.45, 2.75) is 25.3 Å². The number of benzene rings is 1. The van der Waals surface area contributed by atoms with E-state index in [0.717, 1.165) is 30.5 Å². The van der Waals surface area contributed by atoms with Crippen molar-refractivity contribution in [3.8, 4) is 11.5 Å². The number of rotatable bonds is 3. The van der Waals surface area contributed by atoms with Crippen molar-refractivity contribution in [2.24, 2.45) is 0 Å². The lowest BCUT2D eigenvalue weighted by Crippen LogP contribution is -2.31. The highest BCUT2D eigenvalue weighted by molar-refractivity contribution is 5.94. The largest absolute Gasteiger partial charge is 0.463 e. The molecule has 0 bridgehead atoms. The third-order valence-electron chi connectivity index (χ3n) is 5.02. The maximum atomic E-state index is 12.7. The maximum absolute atomic E-state index is 12.7. The summed E-state index contributed by atoms with van der Waals surface area (Å²) in [6.07, 6.45) is 4.60. The molecule has 1 atom stereocenters. The van der Waals surface area contributed by atoms with Crippen molar-refractivity contribution in [1.82, 2.24) is 20.5 Å². The first-order chi connectivity index (χ1) is 12.8. The van der Waals surface area contributed by atoms with Crippen molar-refractivity contribution < 1.29 is 9.21 Å². The molecule has 0 spiro atoms. The molecule has 5 rings (SSSR count). The molecule has 1 aliphatic rings. The summed E-state index contributed by atoms with van der Waals surface area (Å²) >= 11 is 0. The molecule has 0 aliphatic heterocycles. The molecular formula is C20H18N4O2. The molecule has 130 valence electrons. The predicted molar refractivity (Wildman–Crippen MR) is 97.7 cm³/mol. The summed E-state index contributed by atoms with van der Waals surface area (Å²) < 4.78 is 5.33. The molecule has 3 heterocycles. The fourth-order valence-corrected chi connectivity index (χ4v) is 3.79. The molecule has 6 nitrogen and oxygen atoms in total. The van der Waals surface area contributed by atoms with Gasteiger partial charge < -0.3 is 14.7 Å². The maximum Gasteiger partial charge on any atom is 0.272 e. The topological polar surface area (TPSA) is 86.7 Å². The summed E-state index contributed by atoms with van der Waals surface area (Å²) in [4.78, 5) is 16.2. The molecule has 0 saturated carbocycles. The van der Waals surface area contributed by atoms with Crippen LogP contribution in [0.3, 0.4) is 0 Å². The monoisotopic (exact) mass is 346 g/mol. The Morgan fingerprint density at radius 1 is 1.23 bits per heavy atom. The molecule has 0 fully saturated rings. The summed E-state index contributed by atoms with van der Waals surface area (Å²) in [5, 5.41) is 11.4. The molecule has 3 aromatic heterocycles. The van der Waals surface area contributed by atoms with Crippen LogP contribution in [-0.2, 0) is 6.42 Å². The summed E-state index contributed by atoms with van der Waals surface area (Å²) in [7, 11) is 0. The van der Waals surface area contributed by atoms with Crippen LogP contribution in [0.5, 0.6) is 0 Å². The van der Waals surface area contributed by atoms with E-state index in [9.17, 15) is 4.79 Å². The highest BCUT2D eigenvalue weighted by Crippen LogP contribution is 2.34. The highest BCUT2D eigenvalue weighted by atomic mass is 16.3. The Hall–Kier alpha value is -3.28. The van der Waals surface area contributed by atoms with E-state index < -0.39 is 0 Å². The molecule has 6 heteroatoms. The van der Waals surface area contributed by atoms with Crippen LogP contribution in [0.2, 0.25) is 0 Å². The quantitative estimate of drug-likeness (QED) is 0.525. The van der Waals surface area contributed by atoms with E-state index in [2.05, 4.69) is 38.7 Å². The van der Waals surface area contributed by atoms with Crippen LogP contribution in [0.25, 0.3) is 22.4 Å². The Kier molecular flexibility index (Phi) is 3.41. The predicted octanol–water partition coefficient (Wildman–Crippen LogP) is 3.96. The van der Waals surface area contributed by atoms with Gasteiger partial charge in [0.25, 0.3) is 5.91 Å². The van der Waals surface area contributed by atoms with E-state index in [-0.39, 0.29) is 11.9 Å². The number of hydrogen-bond donors (Lipinski definition) is 3. The number of aromatic nitrogens is 3. The number of furan rings is 1. The first-order valence-electron chi connectivity index (χ1n) is 8.79. The first-order valence-corrected chi connectivity index (χ1v) is 8.79. The Balaban J connectivity index is 1.41. The summed E-state index contributed by atoms with van der Waals surface area (Å²) in [6.45, 7) is 0. The standard InChI is InChI=1S/C20H18N4O2/c25-20(17-11-16(23-24-17)18-9-4-10-26-18)22-15-8-3-6-13-12-5-1-2-7-14(12)21-19(13)15/h1-2,4-5,7,9-11,15,21H,3,6,8H2,(H,22,25)(H,23,24)/t15-/m1/s1. The van der Waals surface area contributed by atoms with Gasteiger partial charge in [0.2, 0.25) is 0 Å². The third-order valence-corrected chi connectivity index (χ3v) is 5.02. The van der Waals surface area contributed by atoms with Crippen LogP contribution in [0.15, 0.2) is 53.1 Å². The van der Waals surface area contributed by atoms with Crippen LogP contribution in [0.1, 0.15) is 40.6 Å². The first kappa shape index (κ1) is 15.0. The van der Waals surface area contributed by atoms with Crippen molar-refractivity contribution in [2.75, 3.05) is 0 Å². The molecule has 0 radical (unpaired) electrons. The molecule has 1 amide bonds. The minimum absolute atomic E-state index is 0.0255. The molecule has 0 unspecified atom stereocenters. The van der Waals surface area contributed by atoms with Gasteiger partial charge in [0.15, 0.2) is 11.5 Å². The summed E-state index contributed by atoms with van der Waals surface area (Å²) in [5.74, 6) is 0.475. The van der Waals surface area contributed by atoms with Gasteiger partial charge in [-0.25, -0.2) is 0 Å². The summed E-state index contributed by atoms with van der Waals surface area (Å²) in [5.41, 5.74) is 4.61. The molecule has 26 heavy (non-hydrogen) atoms. The van der Waals surface area contributed by atoms with Gasteiger partial charge >= 0.3 is 0 Å². The molecule has 3 N–H and O–H groups in total. The average molecular weight is 346 g/mol. The van der Waals surface area contributed by atoms with E-state index in [1.165, 1.54) is 10.9 Å². The number of fused-ring (bicyclic) bond motifs is 3. The van der Waals surface area contributed by atoms with Gasteiger partial charge in [-0.05, 0) is 43.0 Å². The lowest BCUT2D eigenvalue weighted by molar-refractivity contribution is 0.0927. The number of carbonyl (C=O) groups excluding carboxylic acids is 1. The SMILES string of the molecule is O=C(N[C@@H]1CCCc2c1[nH]c1ccccc21)c1cc(-c2ccco2)[nH]n1. The van der Waals surface area contributed by atoms with Gasteiger partial charge in [-0.3, -0.25) is 9.89 Å². The second-order valence-electron chi connectivity index (χ2n) is 6.63. The van der Waals surface area contributed by atoms with Gasteiger partial charge in [-0.2, -0.15) is 5.10 Å². The van der Waals surface area contributed by atoms with Crippen molar-refractivity contribution in [3.63, 3.8) is 0 Å². The number of nitrogens with zero attached hydrogens (tertiary/aromatic N) is 1. The number of hydrogen-bond acceptors (Lipinski definition) is 3. The minimum Gasteiger partial charge on any atom is -0.463 e. The van der Waals surface area contributed by atoms with E-state index in [1.807, 2.05) is 12.1 Å². The lowest BCUT2D eigenvalue weighted by Gasteiger charge is -2.23. The number of carbonyl (C=O) groups is 1. The van der Waals surface area contributed by atoms with E-state index >= 15 is 0 Å². The van der Waals surface area contributed by atoms with Gasteiger partial charge in [0, 0.05) is 22.7 Å². The lowest BCUT2D eigenvalue weighted by atomic mass is 9.91. The Morgan fingerprint density at radius 2 is 2.15 bits per heavy atom. The van der Waals surface area contributed by atoms with Crippen LogP contribution in [0, 0.1) is 0 Å². The minimum atomic E-state index is -0.185. The average Bonchev–Trinajstić information content (AvgIpc) is 3.40. The third kappa shape index (κ3) is 2.42. The van der Waals surface area contributed by atoms with E-state index in [4.69, 9.17) is 4.42 Å². The molecule has 1 aromatic carbocycles. The Bertz CT molecular complexity index is 1070. The normalized spacial score (nSPS) is 16.5. The van der Waals surface area contributed by atoms with E-state index in [0.29, 0.717) is 17.1 Å². The molecular weight excluding hydrogens is 328 g/mol. The fraction of sp³-hybridized carbons (Fsp3) is 0.200. The fourth-order valence-electron chi connectivity index (χ4n) is 3.79. The zero-order valence-corrected chi connectivity index (χ0v) is 14.1. The Morgan fingerprint density at radius 3 is 3.04 bits per heavy atom. The second kappa shape index (κ2) is 5.91. The number of amides is 1. The van der Waals surface area contributed by atoms with Crippen molar-refractivity contribution in [3.05, 3.63) is 65.7 Å². The number of aromatic amines is 2. The van der Waals surface area contributed by atoms with E-state index in [1.54, 1.807) is 18.4 Å². The van der Waals surface area contributed by atoms with Crippen molar-refractivity contribution in [1.29, 1.82) is 0 Å². The van der Waals surface area contributed by atoms with Crippen LogP contribution < -0.4 is 5.32 Å². The zero-order chi connectivity index (χ0) is 17.5. The van der Waals surface area contributed by atoms with Gasteiger partial charge in [-0.15, -0.1) is 0 Å². The highest BCUT2D eigenvalue weighted by Gasteiger charge is 2.26. The number of aryl methyl sites for hydroxylation is 1. The Labute approximate surface area is 149 Å². The van der Waals surface area contributed by atoms with Crippen LogP contribution >= 0.6 is 0 Å². The molecule has 0 saturated heterocycles. The van der Waals surface area contributed by atoms with Crippen molar-refractivity contribution >= 4 is 16.8 Å². The zero-order valence-electron chi connectivity index (χ0n) is 14.1. The molecule has 1 aliphatic carbocycles. The van der Waals surface area contributed by atoms with Gasteiger partial charge in [0.1, 0.15) is 5.69 Å². The number of para-hydroxylation sites is 1. The number of nitrogens with one attached hydrogen (secondary N) is 3. The molecule has 4 aromatic rings. The van der Waals surface area contributed by atoms with Crippen LogP contribution in [0.4, 0.5) is 0 Å². The van der Waals surface area contributed by atoms with Gasteiger partial charge in [-0.1, -0.05) is 18.2 Å². The number of H-pyrrole nitrogens is 2.